The topological polar surface area (TPSA) is 42.2 Å². The van der Waals surface area contributed by atoms with Crippen LogP contribution in [-0.4, -0.2) is 20.4 Å². The third-order valence-corrected chi connectivity index (χ3v) is 4.20. The van der Waals surface area contributed by atoms with E-state index < -0.39 is 0 Å². The summed E-state index contributed by atoms with van der Waals surface area (Å²) in [6, 6.07) is 0.454. The first-order valence-electron chi connectivity index (χ1n) is 6.50. The first kappa shape index (κ1) is 12.0. The Morgan fingerprint density at radius 3 is 3.00 bits per heavy atom. The molecule has 0 radical (unpaired) electrons. The summed E-state index contributed by atoms with van der Waals surface area (Å²) >= 11 is 3.44. The Morgan fingerprint density at radius 2 is 2.22 bits per heavy atom. The van der Waals surface area contributed by atoms with Gasteiger partial charge in [-0.15, -0.1) is 0 Å². The molecule has 0 bridgehead atoms. The minimum Gasteiger partial charge on any atom is -0.364 e. The fourth-order valence-corrected chi connectivity index (χ4v) is 3.19. The highest BCUT2D eigenvalue weighted by Crippen LogP contribution is 2.29. The maximum atomic E-state index is 4.51. The summed E-state index contributed by atoms with van der Waals surface area (Å²) in [6.07, 6.45) is 11.0. The summed E-state index contributed by atoms with van der Waals surface area (Å²) in [5.74, 6) is 1.63. The Kier molecular flexibility index (Phi) is 3.24. The highest BCUT2D eigenvalue weighted by atomic mass is 79.9. The fraction of sp³-hybridized carbons (Fsp3) is 0.538. The quantitative estimate of drug-likeness (QED) is 0.944. The standard InChI is InChI=1S/C13H17BrN4/c1-9(10-4-2-3-5-10)16-12-13-15-6-7-18(13)8-11(14)17-12/h6-10H,2-5H2,1H3,(H,16,17). The van der Waals surface area contributed by atoms with Crippen molar-refractivity contribution in [1.29, 1.82) is 0 Å². The summed E-state index contributed by atoms with van der Waals surface area (Å²) in [6.45, 7) is 2.25. The molecule has 3 rings (SSSR count). The molecule has 1 unspecified atom stereocenters. The van der Waals surface area contributed by atoms with E-state index >= 15 is 0 Å². The smallest absolute Gasteiger partial charge is 0.180 e. The molecule has 1 fully saturated rings. The van der Waals surface area contributed by atoms with Gasteiger partial charge in [0.05, 0.1) is 0 Å². The Bertz CT molecular complexity index is 545. The third kappa shape index (κ3) is 2.23. The minimum atomic E-state index is 0.454. The highest BCUT2D eigenvalue weighted by molar-refractivity contribution is 9.10. The van der Waals surface area contributed by atoms with Gasteiger partial charge in [-0.05, 0) is 41.6 Å². The van der Waals surface area contributed by atoms with Crippen LogP contribution in [0.25, 0.3) is 5.65 Å². The lowest BCUT2D eigenvalue weighted by Crippen LogP contribution is -2.24. The number of hydrogen-bond donors (Lipinski definition) is 1. The van der Waals surface area contributed by atoms with Gasteiger partial charge in [-0.3, -0.25) is 0 Å². The van der Waals surface area contributed by atoms with Gasteiger partial charge in [-0.25, -0.2) is 9.97 Å². The van der Waals surface area contributed by atoms with Crippen LogP contribution < -0.4 is 5.32 Å². The lowest BCUT2D eigenvalue weighted by Gasteiger charge is -2.21. The second-order valence-electron chi connectivity index (χ2n) is 5.05. The van der Waals surface area contributed by atoms with E-state index in [0.717, 1.165) is 22.0 Å². The molecular weight excluding hydrogens is 292 g/mol. The van der Waals surface area contributed by atoms with Crippen LogP contribution in [-0.2, 0) is 0 Å². The molecule has 1 N–H and O–H groups in total. The van der Waals surface area contributed by atoms with Gasteiger partial charge < -0.3 is 9.72 Å². The second kappa shape index (κ2) is 4.88. The average Bonchev–Trinajstić information content (AvgIpc) is 2.98. The molecule has 2 heterocycles. The summed E-state index contributed by atoms with van der Waals surface area (Å²) in [5, 5.41) is 3.53. The van der Waals surface area contributed by atoms with Crippen molar-refractivity contribution in [2.45, 2.75) is 38.6 Å². The number of aromatic nitrogens is 3. The van der Waals surface area contributed by atoms with E-state index in [1.807, 2.05) is 16.8 Å². The van der Waals surface area contributed by atoms with Crippen molar-refractivity contribution in [3.8, 4) is 0 Å². The largest absolute Gasteiger partial charge is 0.364 e. The number of halogens is 1. The zero-order valence-electron chi connectivity index (χ0n) is 10.4. The summed E-state index contributed by atoms with van der Waals surface area (Å²) in [4.78, 5) is 8.86. The number of nitrogens with one attached hydrogen (secondary N) is 1. The number of nitrogens with zero attached hydrogens (tertiary/aromatic N) is 3. The normalized spacial score (nSPS) is 18.3. The van der Waals surface area contributed by atoms with Crippen molar-refractivity contribution < 1.29 is 0 Å². The van der Waals surface area contributed by atoms with Crippen LogP contribution in [0, 0.1) is 5.92 Å². The molecular formula is C13H17BrN4. The summed E-state index contributed by atoms with van der Waals surface area (Å²) in [7, 11) is 0. The van der Waals surface area contributed by atoms with Crippen molar-refractivity contribution >= 4 is 27.4 Å². The maximum Gasteiger partial charge on any atom is 0.180 e. The molecule has 4 nitrogen and oxygen atoms in total. The van der Waals surface area contributed by atoms with Crippen LogP contribution >= 0.6 is 15.9 Å². The average molecular weight is 309 g/mol. The Balaban J connectivity index is 1.86. The maximum absolute atomic E-state index is 4.51. The molecule has 0 aromatic carbocycles. The summed E-state index contributed by atoms with van der Waals surface area (Å²) < 4.78 is 2.81. The van der Waals surface area contributed by atoms with Crippen molar-refractivity contribution in [1.82, 2.24) is 14.4 Å². The lowest BCUT2D eigenvalue weighted by molar-refractivity contribution is 0.481. The van der Waals surface area contributed by atoms with Gasteiger partial charge in [-0.1, -0.05) is 12.8 Å². The number of fused-ring (bicyclic) bond motifs is 1. The number of imidazole rings is 1. The molecule has 1 saturated carbocycles. The van der Waals surface area contributed by atoms with Crippen molar-refractivity contribution in [2.75, 3.05) is 5.32 Å². The van der Waals surface area contributed by atoms with Gasteiger partial charge in [0.1, 0.15) is 4.60 Å². The van der Waals surface area contributed by atoms with Crippen LogP contribution in [0.4, 0.5) is 5.82 Å². The van der Waals surface area contributed by atoms with Crippen molar-refractivity contribution in [3.63, 3.8) is 0 Å². The molecule has 0 saturated heterocycles. The molecule has 2 aromatic heterocycles. The zero-order valence-corrected chi connectivity index (χ0v) is 12.0. The molecule has 5 heteroatoms. The van der Waals surface area contributed by atoms with Crippen LogP contribution in [0.3, 0.4) is 0 Å². The molecule has 1 atom stereocenters. The van der Waals surface area contributed by atoms with Crippen LogP contribution in [0.2, 0.25) is 0 Å². The van der Waals surface area contributed by atoms with Gasteiger partial charge in [0.15, 0.2) is 11.5 Å². The first-order valence-corrected chi connectivity index (χ1v) is 7.29. The van der Waals surface area contributed by atoms with Gasteiger partial charge in [0.25, 0.3) is 0 Å². The fourth-order valence-electron chi connectivity index (χ4n) is 2.79. The molecule has 0 aliphatic heterocycles. The van der Waals surface area contributed by atoms with Gasteiger partial charge in [0.2, 0.25) is 0 Å². The lowest BCUT2D eigenvalue weighted by atomic mass is 10.00. The predicted molar refractivity (Wildman–Crippen MR) is 75.7 cm³/mol. The first-order chi connectivity index (χ1) is 8.74. The molecule has 0 spiro atoms. The minimum absolute atomic E-state index is 0.454. The molecule has 18 heavy (non-hydrogen) atoms. The predicted octanol–water partition coefficient (Wildman–Crippen LogP) is 3.48. The Labute approximate surface area is 115 Å². The van der Waals surface area contributed by atoms with Crippen LogP contribution in [0.1, 0.15) is 32.6 Å². The molecule has 2 aromatic rings. The van der Waals surface area contributed by atoms with E-state index in [4.69, 9.17) is 0 Å². The van der Waals surface area contributed by atoms with E-state index in [-0.39, 0.29) is 0 Å². The number of anilines is 1. The van der Waals surface area contributed by atoms with Crippen LogP contribution in [0.5, 0.6) is 0 Å². The monoisotopic (exact) mass is 308 g/mol. The number of hydrogen-bond acceptors (Lipinski definition) is 3. The van der Waals surface area contributed by atoms with Crippen molar-refractivity contribution in [3.05, 3.63) is 23.2 Å². The van der Waals surface area contributed by atoms with Crippen molar-refractivity contribution in [2.24, 2.45) is 5.92 Å². The van der Waals surface area contributed by atoms with Crippen LogP contribution in [0.15, 0.2) is 23.2 Å². The molecule has 1 aliphatic rings. The summed E-state index contributed by atoms with van der Waals surface area (Å²) in [5.41, 5.74) is 0.892. The Morgan fingerprint density at radius 1 is 1.44 bits per heavy atom. The van der Waals surface area contributed by atoms with E-state index in [9.17, 15) is 0 Å². The Hall–Kier alpha value is -1.10. The van der Waals surface area contributed by atoms with Gasteiger partial charge in [0, 0.05) is 24.6 Å². The zero-order chi connectivity index (χ0) is 12.5. The van der Waals surface area contributed by atoms with E-state index in [1.165, 1.54) is 25.7 Å². The highest BCUT2D eigenvalue weighted by Gasteiger charge is 2.22. The van der Waals surface area contributed by atoms with Gasteiger partial charge >= 0.3 is 0 Å². The molecule has 1 aliphatic carbocycles. The number of rotatable bonds is 3. The van der Waals surface area contributed by atoms with E-state index in [0.29, 0.717) is 6.04 Å². The molecule has 96 valence electrons. The van der Waals surface area contributed by atoms with E-state index in [2.05, 4.69) is 38.1 Å². The second-order valence-corrected chi connectivity index (χ2v) is 5.86. The van der Waals surface area contributed by atoms with Gasteiger partial charge in [-0.2, -0.15) is 0 Å². The van der Waals surface area contributed by atoms with E-state index in [1.54, 1.807) is 6.20 Å². The SMILES string of the molecule is CC(Nc1nc(Br)cn2ccnc12)C1CCCC1. The third-order valence-electron chi connectivity index (χ3n) is 3.82. The molecule has 0 amide bonds.